The zero-order chi connectivity index (χ0) is 26.6. The van der Waals surface area contributed by atoms with E-state index in [1.807, 2.05) is 12.1 Å². The van der Waals surface area contributed by atoms with Crippen molar-refractivity contribution in [3.8, 4) is 28.3 Å². The van der Waals surface area contributed by atoms with Gasteiger partial charge in [-0.05, 0) is 95.8 Å². The number of carboxylic acids is 1. The molecule has 9 heteroatoms. The average Bonchev–Trinajstić information content (AvgIpc) is 3.59. The number of aliphatic carboxylic acids is 1. The molecule has 0 unspecified atom stereocenters. The highest BCUT2D eigenvalue weighted by Gasteiger charge is 2.31. The fourth-order valence-corrected chi connectivity index (χ4v) is 6.11. The van der Waals surface area contributed by atoms with Crippen LogP contribution in [0.2, 0.25) is 0 Å². The molecule has 8 nitrogen and oxygen atoms in total. The number of pyridine rings is 1. The van der Waals surface area contributed by atoms with Gasteiger partial charge in [0.15, 0.2) is 0 Å². The van der Waals surface area contributed by atoms with E-state index in [0.717, 1.165) is 63.0 Å². The smallest absolute Gasteiger partial charge is 0.304 e. The van der Waals surface area contributed by atoms with Gasteiger partial charge in [0.25, 0.3) is 0 Å². The van der Waals surface area contributed by atoms with Gasteiger partial charge in [0, 0.05) is 35.0 Å². The molecule has 0 radical (unpaired) electrons. The predicted octanol–water partition coefficient (Wildman–Crippen LogP) is 4.92. The van der Waals surface area contributed by atoms with Crippen LogP contribution in [0.25, 0.3) is 22.5 Å². The Kier molecular flexibility index (Phi) is 5.93. The van der Waals surface area contributed by atoms with Crippen LogP contribution in [-0.4, -0.2) is 42.9 Å². The van der Waals surface area contributed by atoms with E-state index < -0.39 is 5.97 Å². The molecular weight excluding hydrogens is 485 g/mol. The second kappa shape index (κ2) is 9.31. The van der Waals surface area contributed by atoms with E-state index in [1.165, 1.54) is 4.80 Å². The van der Waals surface area contributed by atoms with Crippen molar-refractivity contribution in [1.29, 1.82) is 0 Å². The number of rotatable bonds is 6. The molecule has 194 valence electrons. The molecule has 2 aromatic heterocycles. The molecule has 0 bridgehead atoms. The summed E-state index contributed by atoms with van der Waals surface area (Å²) < 4.78 is 21.1. The Hall–Kier alpha value is -4.14. The number of carboxylic acid groups (broad SMARTS) is 1. The molecule has 6 rings (SSSR count). The summed E-state index contributed by atoms with van der Waals surface area (Å²) in [5.41, 5.74) is 8.75. The summed E-state index contributed by atoms with van der Waals surface area (Å²) >= 11 is 0. The third kappa shape index (κ3) is 4.21. The van der Waals surface area contributed by atoms with E-state index >= 15 is 4.39 Å². The van der Waals surface area contributed by atoms with Crippen LogP contribution in [0.4, 0.5) is 4.39 Å². The Labute approximate surface area is 219 Å². The molecule has 1 aliphatic carbocycles. The Morgan fingerprint density at radius 1 is 1.18 bits per heavy atom. The number of fused-ring (bicyclic) bond motifs is 2. The molecule has 1 aliphatic heterocycles. The minimum Gasteiger partial charge on any atom is -0.493 e. The fourth-order valence-electron chi connectivity index (χ4n) is 6.11. The highest BCUT2D eigenvalue weighted by molar-refractivity contribution is 5.78. The monoisotopic (exact) mass is 513 g/mol. The number of aromatic nitrogens is 5. The highest BCUT2D eigenvalue weighted by atomic mass is 19.1. The van der Waals surface area contributed by atoms with Crippen LogP contribution < -0.4 is 4.74 Å². The molecule has 2 aliphatic rings. The Morgan fingerprint density at radius 3 is 2.68 bits per heavy atom. The lowest BCUT2D eigenvalue weighted by Crippen LogP contribution is -2.07. The standard InChI is InChI=1S/C29H28FN5O3/c1-15-8-18(29-32-34-35(3)33-29)9-16(2)27(15)21-6-7-24(30)28-17(4-5-22(21)28)10-20-12-25-23(13-31-20)19(14-38-25)11-26(36)37/h6-9,12-13,17,19H,4-5,10-11,14H2,1-3H3,(H,36,37)/t17-,19-/m0/s1. The van der Waals surface area contributed by atoms with Crippen LogP contribution in [0.5, 0.6) is 5.75 Å². The zero-order valence-electron chi connectivity index (χ0n) is 21.5. The molecular formula is C29H28FN5O3. The number of tetrazole rings is 1. The molecule has 0 amide bonds. The average molecular weight is 514 g/mol. The first-order valence-corrected chi connectivity index (χ1v) is 12.8. The van der Waals surface area contributed by atoms with Gasteiger partial charge in [0.05, 0.1) is 20.1 Å². The maximum absolute atomic E-state index is 15.3. The number of ether oxygens (including phenoxy) is 1. The number of halogens is 1. The molecule has 1 N–H and O–H groups in total. The van der Waals surface area contributed by atoms with Gasteiger partial charge in [-0.25, -0.2) is 4.39 Å². The van der Waals surface area contributed by atoms with E-state index in [0.29, 0.717) is 24.6 Å². The molecule has 2 aromatic carbocycles. The highest BCUT2D eigenvalue weighted by Crippen LogP contribution is 2.44. The molecule has 38 heavy (non-hydrogen) atoms. The molecule has 0 fully saturated rings. The summed E-state index contributed by atoms with van der Waals surface area (Å²) in [6.07, 6.45) is 3.98. The van der Waals surface area contributed by atoms with Gasteiger partial charge in [0.1, 0.15) is 11.6 Å². The summed E-state index contributed by atoms with van der Waals surface area (Å²) in [6, 6.07) is 9.50. The van der Waals surface area contributed by atoms with Crippen molar-refractivity contribution in [3.05, 3.63) is 75.9 Å². The number of hydrogen-bond donors (Lipinski definition) is 1. The predicted molar refractivity (Wildman–Crippen MR) is 139 cm³/mol. The summed E-state index contributed by atoms with van der Waals surface area (Å²) in [6.45, 7) is 4.48. The first-order chi connectivity index (χ1) is 18.3. The summed E-state index contributed by atoms with van der Waals surface area (Å²) in [5, 5.41) is 21.6. The van der Waals surface area contributed by atoms with Crippen molar-refractivity contribution in [1.82, 2.24) is 25.2 Å². The largest absolute Gasteiger partial charge is 0.493 e. The first kappa shape index (κ1) is 24.2. The van der Waals surface area contributed by atoms with Crippen LogP contribution in [-0.2, 0) is 24.7 Å². The number of aryl methyl sites for hydroxylation is 3. The Balaban J connectivity index is 1.31. The summed E-state index contributed by atoms with van der Waals surface area (Å²) in [4.78, 5) is 17.2. The second-order valence-corrected chi connectivity index (χ2v) is 10.3. The number of benzene rings is 2. The van der Waals surface area contributed by atoms with E-state index in [9.17, 15) is 4.79 Å². The maximum Gasteiger partial charge on any atom is 0.304 e. The first-order valence-electron chi connectivity index (χ1n) is 12.8. The Morgan fingerprint density at radius 2 is 1.97 bits per heavy atom. The van der Waals surface area contributed by atoms with Crippen molar-refractivity contribution >= 4 is 5.97 Å². The van der Waals surface area contributed by atoms with Gasteiger partial charge in [-0.1, -0.05) is 6.07 Å². The fraction of sp³-hybridized carbons (Fsp3) is 0.345. The lowest BCUT2D eigenvalue weighted by atomic mass is 9.87. The number of hydrogen-bond acceptors (Lipinski definition) is 6. The van der Waals surface area contributed by atoms with Gasteiger partial charge >= 0.3 is 5.97 Å². The van der Waals surface area contributed by atoms with E-state index in [1.54, 1.807) is 19.3 Å². The van der Waals surface area contributed by atoms with Crippen LogP contribution in [0.15, 0.2) is 36.5 Å². The minimum absolute atomic E-state index is 0.00963. The van der Waals surface area contributed by atoms with E-state index in [4.69, 9.17) is 9.84 Å². The van der Waals surface area contributed by atoms with Crippen LogP contribution in [0.1, 0.15) is 58.2 Å². The van der Waals surface area contributed by atoms with Crippen molar-refractivity contribution in [2.45, 2.75) is 51.4 Å². The van der Waals surface area contributed by atoms with Crippen molar-refractivity contribution < 1.29 is 19.0 Å². The third-order valence-electron chi connectivity index (χ3n) is 7.73. The quantitative estimate of drug-likeness (QED) is 0.390. The molecule has 0 saturated heterocycles. The van der Waals surface area contributed by atoms with Gasteiger partial charge in [-0.3, -0.25) is 9.78 Å². The number of carbonyl (C=O) groups is 1. The summed E-state index contributed by atoms with van der Waals surface area (Å²) in [5.74, 6) is 0.0670. The van der Waals surface area contributed by atoms with E-state index in [-0.39, 0.29) is 24.1 Å². The molecule has 0 saturated carbocycles. The van der Waals surface area contributed by atoms with Gasteiger partial charge in [-0.2, -0.15) is 4.80 Å². The van der Waals surface area contributed by atoms with Crippen molar-refractivity contribution in [2.75, 3.05) is 6.61 Å². The van der Waals surface area contributed by atoms with Crippen LogP contribution in [0.3, 0.4) is 0 Å². The zero-order valence-corrected chi connectivity index (χ0v) is 21.5. The van der Waals surface area contributed by atoms with E-state index in [2.05, 4.69) is 46.4 Å². The van der Waals surface area contributed by atoms with Crippen LogP contribution >= 0.6 is 0 Å². The molecule has 3 heterocycles. The lowest BCUT2D eigenvalue weighted by molar-refractivity contribution is -0.137. The van der Waals surface area contributed by atoms with Gasteiger partial charge in [0.2, 0.25) is 5.82 Å². The van der Waals surface area contributed by atoms with Crippen LogP contribution in [0, 0.1) is 19.7 Å². The SMILES string of the molecule is Cc1cc(-c2nnn(C)n2)cc(C)c1-c1ccc(F)c2c1CC[C@H]2Cc1cc2c(cn1)[C@@H](CC(=O)O)CO2. The van der Waals surface area contributed by atoms with Gasteiger partial charge < -0.3 is 9.84 Å². The van der Waals surface area contributed by atoms with Crippen molar-refractivity contribution in [2.24, 2.45) is 7.05 Å². The molecule has 4 aromatic rings. The lowest BCUT2D eigenvalue weighted by Gasteiger charge is -2.18. The second-order valence-electron chi connectivity index (χ2n) is 10.3. The topological polar surface area (TPSA) is 103 Å². The molecule has 2 atom stereocenters. The Bertz CT molecular complexity index is 1560. The molecule has 0 spiro atoms. The maximum atomic E-state index is 15.3. The minimum atomic E-state index is -0.852. The number of nitrogens with zero attached hydrogens (tertiary/aromatic N) is 5. The normalized spacial score (nSPS) is 17.8. The third-order valence-corrected chi connectivity index (χ3v) is 7.73. The van der Waals surface area contributed by atoms with Crippen molar-refractivity contribution in [3.63, 3.8) is 0 Å². The van der Waals surface area contributed by atoms with Gasteiger partial charge in [-0.15, -0.1) is 10.2 Å². The summed E-state index contributed by atoms with van der Waals surface area (Å²) in [7, 11) is 1.74.